The minimum atomic E-state index is -4.83. The first-order valence-corrected chi connectivity index (χ1v) is 7.51. The molecule has 1 amide bonds. The second-order valence-electron chi connectivity index (χ2n) is 4.97. The van der Waals surface area contributed by atoms with Crippen LogP contribution in [-0.2, 0) is 9.53 Å². The van der Waals surface area contributed by atoms with Crippen molar-refractivity contribution in [1.82, 2.24) is 4.98 Å². The molecule has 0 bridgehead atoms. The molecule has 0 radical (unpaired) electrons. The average molecular weight is 389 g/mol. The van der Waals surface area contributed by atoms with Crippen LogP contribution in [-0.4, -0.2) is 29.3 Å². The number of esters is 1. The third kappa shape index (κ3) is 5.92. The molecule has 0 saturated heterocycles. The van der Waals surface area contributed by atoms with Gasteiger partial charge in [0, 0.05) is 6.20 Å². The molecule has 1 N–H and O–H groups in total. The van der Waals surface area contributed by atoms with E-state index in [1.165, 1.54) is 25.3 Å². The third-order valence-corrected chi connectivity index (χ3v) is 3.18. The summed E-state index contributed by atoms with van der Waals surface area (Å²) in [7, 11) is 0. The summed E-state index contributed by atoms with van der Waals surface area (Å²) in [6.07, 6.45) is -4.66. The molecule has 1 aromatic carbocycles. The number of amides is 1. The van der Waals surface area contributed by atoms with Crippen LogP contribution in [0.2, 0.25) is 5.02 Å². The Hall–Kier alpha value is -2.81. The van der Waals surface area contributed by atoms with E-state index in [-0.39, 0.29) is 11.4 Å². The summed E-state index contributed by atoms with van der Waals surface area (Å²) < 4.78 is 44.9. The van der Waals surface area contributed by atoms with Crippen LogP contribution in [0.25, 0.3) is 0 Å². The number of nitrogens with one attached hydrogen (secondary N) is 1. The first kappa shape index (κ1) is 19.5. The zero-order chi connectivity index (χ0) is 19.3. The van der Waals surface area contributed by atoms with Crippen molar-refractivity contribution in [3.8, 4) is 5.75 Å². The van der Waals surface area contributed by atoms with Crippen LogP contribution in [0, 0.1) is 0 Å². The maximum atomic E-state index is 12.1. The van der Waals surface area contributed by atoms with Gasteiger partial charge in [0.05, 0.1) is 10.6 Å². The van der Waals surface area contributed by atoms with Crippen molar-refractivity contribution in [1.29, 1.82) is 0 Å². The highest BCUT2D eigenvalue weighted by atomic mass is 35.5. The van der Waals surface area contributed by atoms with Crippen LogP contribution >= 0.6 is 11.6 Å². The second-order valence-corrected chi connectivity index (χ2v) is 5.41. The Labute approximate surface area is 150 Å². The molecule has 1 aromatic heterocycles. The summed E-state index contributed by atoms with van der Waals surface area (Å²) in [6.45, 7) is 1.34. The lowest BCUT2D eigenvalue weighted by molar-refractivity contribution is -0.274. The van der Waals surface area contributed by atoms with Crippen molar-refractivity contribution in [2.45, 2.75) is 19.4 Å². The van der Waals surface area contributed by atoms with E-state index in [0.29, 0.717) is 5.02 Å². The summed E-state index contributed by atoms with van der Waals surface area (Å²) in [5.41, 5.74) is -0.0382. The van der Waals surface area contributed by atoms with Crippen LogP contribution < -0.4 is 10.1 Å². The van der Waals surface area contributed by atoms with E-state index < -0.39 is 30.1 Å². The van der Waals surface area contributed by atoms with Crippen LogP contribution in [0.3, 0.4) is 0 Å². The van der Waals surface area contributed by atoms with Crippen LogP contribution in [0.5, 0.6) is 5.75 Å². The molecule has 26 heavy (non-hydrogen) atoms. The van der Waals surface area contributed by atoms with E-state index in [1.54, 1.807) is 0 Å². The molecule has 1 heterocycles. The Morgan fingerprint density at radius 1 is 1.15 bits per heavy atom. The fourth-order valence-electron chi connectivity index (χ4n) is 1.75. The molecule has 2 aromatic rings. The van der Waals surface area contributed by atoms with Gasteiger partial charge in [0.2, 0.25) is 0 Å². The Morgan fingerprint density at radius 2 is 1.81 bits per heavy atom. The number of carbonyl (C=O) groups excluding carboxylic acids is 2. The largest absolute Gasteiger partial charge is 0.573 e. The third-order valence-electron chi connectivity index (χ3n) is 2.96. The van der Waals surface area contributed by atoms with Crippen molar-refractivity contribution in [2.75, 3.05) is 5.32 Å². The number of anilines is 1. The van der Waals surface area contributed by atoms with Crippen molar-refractivity contribution < 1.29 is 32.2 Å². The van der Waals surface area contributed by atoms with E-state index in [2.05, 4.69) is 15.0 Å². The Morgan fingerprint density at radius 3 is 2.35 bits per heavy atom. The molecule has 0 spiro atoms. The normalized spacial score (nSPS) is 12.2. The zero-order valence-corrected chi connectivity index (χ0v) is 14.0. The minimum absolute atomic E-state index is 0.0382. The Balaban J connectivity index is 1.93. The number of rotatable bonds is 5. The zero-order valence-electron chi connectivity index (χ0n) is 13.2. The molecule has 0 aliphatic rings. The van der Waals surface area contributed by atoms with E-state index >= 15 is 0 Å². The molecule has 2 rings (SSSR count). The maximum Gasteiger partial charge on any atom is 0.573 e. The monoisotopic (exact) mass is 388 g/mol. The predicted octanol–water partition coefficient (Wildman–Crippen LogP) is 3.82. The molecular formula is C16H12ClF3N2O4. The van der Waals surface area contributed by atoms with Crippen molar-refractivity contribution >= 4 is 29.3 Å². The number of halogens is 4. The summed E-state index contributed by atoms with van der Waals surface area (Å²) >= 11 is 5.68. The van der Waals surface area contributed by atoms with Gasteiger partial charge in [0.15, 0.2) is 6.10 Å². The van der Waals surface area contributed by atoms with Crippen LogP contribution in [0.1, 0.15) is 17.3 Å². The second kappa shape index (κ2) is 8.05. The molecule has 0 fully saturated rings. The van der Waals surface area contributed by atoms with Crippen LogP contribution in [0.4, 0.5) is 19.0 Å². The molecular weight excluding hydrogens is 377 g/mol. The highest BCUT2D eigenvalue weighted by molar-refractivity contribution is 6.30. The van der Waals surface area contributed by atoms with Gasteiger partial charge < -0.3 is 14.8 Å². The fourth-order valence-corrected chi connectivity index (χ4v) is 1.86. The highest BCUT2D eigenvalue weighted by Gasteiger charge is 2.31. The molecule has 138 valence electrons. The first-order valence-electron chi connectivity index (χ1n) is 7.13. The lowest BCUT2D eigenvalue weighted by Crippen LogP contribution is -2.30. The molecule has 0 saturated carbocycles. The van der Waals surface area contributed by atoms with Crippen molar-refractivity contribution in [3.63, 3.8) is 0 Å². The fraction of sp³-hybridized carbons (Fsp3) is 0.188. The van der Waals surface area contributed by atoms with Gasteiger partial charge in [-0.1, -0.05) is 11.6 Å². The summed E-state index contributed by atoms with van der Waals surface area (Å²) in [5, 5.41) is 2.82. The SMILES string of the molecule is C[C@@H](OC(=O)c1ccc(OC(F)(F)F)cc1)C(=O)Nc1ccc(Cl)cn1. The minimum Gasteiger partial charge on any atom is -0.449 e. The van der Waals surface area contributed by atoms with E-state index in [1.807, 2.05) is 0 Å². The molecule has 0 aliphatic heterocycles. The van der Waals surface area contributed by atoms with Gasteiger partial charge in [-0.3, -0.25) is 4.79 Å². The molecule has 6 nitrogen and oxygen atoms in total. The first-order chi connectivity index (χ1) is 12.1. The summed E-state index contributed by atoms with van der Waals surface area (Å²) in [6, 6.07) is 7.10. The number of nitrogens with zero attached hydrogens (tertiary/aromatic N) is 1. The van der Waals surface area contributed by atoms with E-state index in [4.69, 9.17) is 16.3 Å². The number of benzene rings is 1. The van der Waals surface area contributed by atoms with Crippen LogP contribution in [0.15, 0.2) is 42.6 Å². The summed E-state index contributed by atoms with van der Waals surface area (Å²) in [4.78, 5) is 27.8. The Kier molecular flexibility index (Phi) is 6.04. The number of pyridine rings is 1. The number of ether oxygens (including phenoxy) is 2. The molecule has 0 unspecified atom stereocenters. The number of alkyl halides is 3. The van der Waals surface area contributed by atoms with E-state index in [0.717, 1.165) is 24.3 Å². The smallest absolute Gasteiger partial charge is 0.449 e. The number of carbonyl (C=O) groups is 2. The molecule has 0 aliphatic carbocycles. The predicted molar refractivity (Wildman–Crippen MR) is 85.9 cm³/mol. The van der Waals surface area contributed by atoms with Gasteiger partial charge >= 0.3 is 12.3 Å². The standard InChI is InChI=1S/C16H12ClF3N2O4/c1-9(14(23)22-13-7-4-11(17)8-21-13)25-15(24)10-2-5-12(6-3-10)26-16(18,19)20/h2-9H,1H3,(H,21,22,23)/t9-/m1/s1. The molecule has 10 heteroatoms. The van der Waals surface area contributed by atoms with Gasteiger partial charge in [0.1, 0.15) is 11.6 Å². The lowest BCUT2D eigenvalue weighted by Gasteiger charge is -2.13. The van der Waals surface area contributed by atoms with E-state index in [9.17, 15) is 22.8 Å². The van der Waals surface area contributed by atoms with Gasteiger partial charge in [0.25, 0.3) is 5.91 Å². The Bertz CT molecular complexity index is 780. The van der Waals surface area contributed by atoms with Gasteiger partial charge in [-0.25, -0.2) is 9.78 Å². The number of hydrogen-bond donors (Lipinski definition) is 1. The van der Waals surface area contributed by atoms with Gasteiger partial charge in [-0.2, -0.15) is 0 Å². The number of hydrogen-bond acceptors (Lipinski definition) is 5. The van der Waals surface area contributed by atoms with Crippen molar-refractivity contribution in [3.05, 3.63) is 53.2 Å². The van der Waals surface area contributed by atoms with Gasteiger partial charge in [-0.15, -0.1) is 13.2 Å². The highest BCUT2D eigenvalue weighted by Crippen LogP contribution is 2.23. The lowest BCUT2D eigenvalue weighted by atomic mass is 10.2. The van der Waals surface area contributed by atoms with Crippen molar-refractivity contribution in [2.24, 2.45) is 0 Å². The topological polar surface area (TPSA) is 77.5 Å². The quantitative estimate of drug-likeness (QED) is 0.788. The van der Waals surface area contributed by atoms with Gasteiger partial charge in [-0.05, 0) is 43.3 Å². The number of aromatic nitrogens is 1. The average Bonchev–Trinajstić information content (AvgIpc) is 2.56. The molecule has 1 atom stereocenters. The summed E-state index contributed by atoms with van der Waals surface area (Å²) in [5.74, 6) is -1.77. The maximum absolute atomic E-state index is 12.1.